The molecule has 0 bridgehead atoms. The number of carbonyl (C=O) groups excluding carboxylic acids is 1. The number of benzene rings is 1. The Morgan fingerprint density at radius 2 is 2.00 bits per heavy atom. The second-order valence-electron chi connectivity index (χ2n) is 5.47. The second-order valence-corrected chi connectivity index (χ2v) is 5.47. The van der Waals surface area contributed by atoms with Crippen molar-refractivity contribution in [3.8, 4) is 0 Å². The first-order valence-electron chi connectivity index (χ1n) is 6.92. The molecule has 20 heavy (non-hydrogen) atoms. The zero-order valence-corrected chi connectivity index (χ0v) is 11.7. The maximum absolute atomic E-state index is 12.8. The van der Waals surface area contributed by atoms with Gasteiger partial charge in [0.2, 0.25) is 5.91 Å². The van der Waals surface area contributed by atoms with Gasteiger partial charge in [-0.3, -0.25) is 4.79 Å². The van der Waals surface area contributed by atoms with Crippen LogP contribution in [0.2, 0.25) is 0 Å². The van der Waals surface area contributed by atoms with Crippen molar-refractivity contribution in [3.05, 3.63) is 35.6 Å². The SMILES string of the molecule is CC(Cc1ccc(F)cc1)NC(=O)C1(N)CCOCC1. The molecule has 0 spiro atoms. The summed E-state index contributed by atoms with van der Waals surface area (Å²) in [7, 11) is 0. The van der Waals surface area contributed by atoms with Crippen LogP contribution in [0.4, 0.5) is 4.39 Å². The number of amides is 1. The van der Waals surface area contributed by atoms with Crippen molar-refractivity contribution in [1.29, 1.82) is 0 Å². The molecule has 1 unspecified atom stereocenters. The number of carbonyl (C=O) groups is 1. The van der Waals surface area contributed by atoms with E-state index in [-0.39, 0.29) is 17.8 Å². The van der Waals surface area contributed by atoms with Crippen LogP contribution in [0.5, 0.6) is 0 Å². The summed E-state index contributed by atoms with van der Waals surface area (Å²) in [5, 5.41) is 2.94. The van der Waals surface area contributed by atoms with Crippen LogP contribution < -0.4 is 11.1 Å². The van der Waals surface area contributed by atoms with Crippen molar-refractivity contribution in [1.82, 2.24) is 5.32 Å². The van der Waals surface area contributed by atoms with Crippen molar-refractivity contribution < 1.29 is 13.9 Å². The van der Waals surface area contributed by atoms with Crippen molar-refractivity contribution in [2.24, 2.45) is 5.73 Å². The first kappa shape index (κ1) is 14.9. The molecule has 0 aliphatic carbocycles. The minimum Gasteiger partial charge on any atom is -0.381 e. The molecule has 3 N–H and O–H groups in total. The first-order chi connectivity index (χ1) is 9.49. The number of hydrogen-bond acceptors (Lipinski definition) is 3. The molecule has 0 radical (unpaired) electrons. The van der Waals surface area contributed by atoms with Crippen LogP contribution in [-0.4, -0.2) is 30.7 Å². The molecule has 1 aromatic rings. The fourth-order valence-electron chi connectivity index (χ4n) is 2.36. The van der Waals surface area contributed by atoms with Gasteiger partial charge < -0.3 is 15.8 Å². The van der Waals surface area contributed by atoms with E-state index in [9.17, 15) is 9.18 Å². The summed E-state index contributed by atoms with van der Waals surface area (Å²) in [4.78, 5) is 12.2. The highest BCUT2D eigenvalue weighted by atomic mass is 19.1. The molecule has 0 saturated carbocycles. The third-order valence-electron chi connectivity index (χ3n) is 3.67. The molecule has 1 aromatic carbocycles. The summed E-state index contributed by atoms with van der Waals surface area (Å²) >= 11 is 0. The van der Waals surface area contributed by atoms with E-state index in [4.69, 9.17) is 10.5 Å². The molecule has 5 heteroatoms. The molecule has 1 aliphatic heterocycles. The Bertz CT molecular complexity index is 455. The molecule has 1 amide bonds. The molecule has 2 rings (SSSR count). The predicted octanol–water partition coefficient (Wildman–Crippen LogP) is 1.38. The molecule has 1 fully saturated rings. The van der Waals surface area contributed by atoms with Gasteiger partial charge >= 0.3 is 0 Å². The molecule has 1 heterocycles. The third kappa shape index (κ3) is 3.77. The van der Waals surface area contributed by atoms with E-state index >= 15 is 0 Å². The van der Waals surface area contributed by atoms with Gasteiger partial charge in [0.05, 0.1) is 5.54 Å². The third-order valence-corrected chi connectivity index (χ3v) is 3.67. The normalized spacial score (nSPS) is 19.4. The summed E-state index contributed by atoms with van der Waals surface area (Å²) in [6, 6.07) is 6.26. The Kier molecular flexibility index (Phi) is 4.73. The maximum Gasteiger partial charge on any atom is 0.240 e. The average molecular weight is 280 g/mol. The van der Waals surface area contributed by atoms with E-state index < -0.39 is 5.54 Å². The summed E-state index contributed by atoms with van der Waals surface area (Å²) in [6.45, 7) is 2.97. The summed E-state index contributed by atoms with van der Waals surface area (Å²) < 4.78 is 18.1. The summed E-state index contributed by atoms with van der Waals surface area (Å²) in [5.41, 5.74) is 6.28. The molecule has 0 aromatic heterocycles. The van der Waals surface area contributed by atoms with Gasteiger partial charge in [0.15, 0.2) is 0 Å². The number of rotatable bonds is 4. The number of nitrogens with one attached hydrogen (secondary N) is 1. The van der Waals surface area contributed by atoms with Crippen LogP contribution in [0.1, 0.15) is 25.3 Å². The van der Waals surface area contributed by atoms with Gasteiger partial charge in [-0.05, 0) is 43.9 Å². The van der Waals surface area contributed by atoms with E-state index in [2.05, 4.69) is 5.32 Å². The van der Waals surface area contributed by atoms with Crippen molar-refractivity contribution in [2.45, 2.75) is 37.8 Å². The van der Waals surface area contributed by atoms with Gasteiger partial charge in [0.25, 0.3) is 0 Å². The fraction of sp³-hybridized carbons (Fsp3) is 0.533. The number of ether oxygens (including phenoxy) is 1. The molecule has 1 atom stereocenters. The zero-order chi connectivity index (χ0) is 14.6. The molecule has 1 saturated heterocycles. The lowest BCUT2D eigenvalue weighted by Gasteiger charge is -2.33. The standard InChI is InChI=1S/C15H21FN2O2/c1-11(10-12-2-4-13(16)5-3-12)18-14(19)15(17)6-8-20-9-7-15/h2-5,11H,6-10,17H2,1H3,(H,18,19). The van der Waals surface area contributed by atoms with E-state index in [1.807, 2.05) is 6.92 Å². The molecule has 1 aliphatic rings. The lowest BCUT2D eigenvalue weighted by molar-refractivity contribution is -0.130. The summed E-state index contributed by atoms with van der Waals surface area (Å²) in [5.74, 6) is -0.385. The van der Waals surface area contributed by atoms with Crippen LogP contribution >= 0.6 is 0 Å². The van der Waals surface area contributed by atoms with Crippen LogP contribution in [0.3, 0.4) is 0 Å². The minimum atomic E-state index is -0.824. The lowest BCUT2D eigenvalue weighted by Crippen LogP contribution is -2.58. The Morgan fingerprint density at radius 1 is 1.40 bits per heavy atom. The lowest BCUT2D eigenvalue weighted by atomic mass is 9.90. The minimum absolute atomic E-state index is 0.0452. The quantitative estimate of drug-likeness (QED) is 0.876. The van der Waals surface area contributed by atoms with E-state index in [1.54, 1.807) is 12.1 Å². The Hall–Kier alpha value is -1.46. The predicted molar refractivity (Wildman–Crippen MR) is 74.7 cm³/mol. The number of hydrogen-bond donors (Lipinski definition) is 2. The Labute approximate surface area is 118 Å². The number of nitrogens with two attached hydrogens (primary N) is 1. The highest BCUT2D eigenvalue weighted by molar-refractivity contribution is 5.86. The largest absolute Gasteiger partial charge is 0.381 e. The smallest absolute Gasteiger partial charge is 0.240 e. The highest BCUT2D eigenvalue weighted by Crippen LogP contribution is 2.18. The maximum atomic E-state index is 12.8. The molecular weight excluding hydrogens is 259 g/mol. The molecule has 110 valence electrons. The highest BCUT2D eigenvalue weighted by Gasteiger charge is 2.36. The number of halogens is 1. The zero-order valence-electron chi connectivity index (χ0n) is 11.7. The van der Waals surface area contributed by atoms with Crippen LogP contribution in [0.15, 0.2) is 24.3 Å². The van der Waals surface area contributed by atoms with Crippen LogP contribution in [0.25, 0.3) is 0 Å². The van der Waals surface area contributed by atoms with Crippen molar-refractivity contribution in [2.75, 3.05) is 13.2 Å². The van der Waals surface area contributed by atoms with Gasteiger partial charge in [-0.25, -0.2) is 4.39 Å². The van der Waals surface area contributed by atoms with E-state index in [0.29, 0.717) is 32.5 Å². The first-order valence-corrected chi connectivity index (χ1v) is 6.92. The molecular formula is C15H21FN2O2. The van der Waals surface area contributed by atoms with E-state index in [0.717, 1.165) is 5.56 Å². The van der Waals surface area contributed by atoms with Gasteiger partial charge in [-0.1, -0.05) is 12.1 Å². The van der Waals surface area contributed by atoms with Crippen molar-refractivity contribution >= 4 is 5.91 Å². The monoisotopic (exact) mass is 280 g/mol. The Balaban J connectivity index is 1.88. The second kappa shape index (κ2) is 6.33. The summed E-state index contributed by atoms with van der Waals surface area (Å²) in [6.07, 6.45) is 1.74. The Morgan fingerprint density at radius 3 is 2.60 bits per heavy atom. The van der Waals surface area contributed by atoms with Gasteiger partial charge in [-0.15, -0.1) is 0 Å². The van der Waals surface area contributed by atoms with E-state index in [1.165, 1.54) is 12.1 Å². The topological polar surface area (TPSA) is 64.4 Å². The van der Waals surface area contributed by atoms with Crippen molar-refractivity contribution in [3.63, 3.8) is 0 Å². The van der Waals surface area contributed by atoms with Gasteiger partial charge in [0.1, 0.15) is 5.82 Å². The molecule has 4 nitrogen and oxygen atoms in total. The average Bonchev–Trinajstić information content (AvgIpc) is 2.42. The van der Waals surface area contributed by atoms with Gasteiger partial charge in [-0.2, -0.15) is 0 Å². The van der Waals surface area contributed by atoms with Crippen LogP contribution in [-0.2, 0) is 16.0 Å². The van der Waals surface area contributed by atoms with Crippen LogP contribution in [0, 0.1) is 5.82 Å². The van der Waals surface area contributed by atoms with Gasteiger partial charge in [0, 0.05) is 19.3 Å². The fourth-order valence-corrected chi connectivity index (χ4v) is 2.36.